The van der Waals surface area contributed by atoms with Crippen molar-refractivity contribution in [1.82, 2.24) is 10.3 Å². The van der Waals surface area contributed by atoms with Crippen LogP contribution in [0, 0.1) is 5.92 Å². The maximum atomic E-state index is 6.28. The Hall–Kier alpha value is -0.800. The van der Waals surface area contributed by atoms with E-state index in [-0.39, 0.29) is 0 Å². The topological polar surface area (TPSA) is 28.2 Å². The van der Waals surface area contributed by atoms with E-state index in [0.29, 0.717) is 6.04 Å². The van der Waals surface area contributed by atoms with Crippen LogP contribution in [0.5, 0.6) is 0 Å². The van der Waals surface area contributed by atoms with E-state index in [0.717, 1.165) is 36.4 Å². The summed E-state index contributed by atoms with van der Waals surface area (Å²) in [5, 5.41) is 4.13. The quantitative estimate of drug-likeness (QED) is 0.891. The molecule has 1 aromatic heterocycles. The maximum Gasteiger partial charge on any atom is 0.129 e. The van der Waals surface area contributed by atoms with Gasteiger partial charge in [0.15, 0.2) is 0 Å². The molecule has 3 nitrogen and oxygen atoms in total. The summed E-state index contributed by atoms with van der Waals surface area (Å²) in [6.45, 7) is 5.05. The minimum atomic E-state index is 0.702. The van der Waals surface area contributed by atoms with E-state index >= 15 is 0 Å². The molecule has 1 saturated carbocycles. The van der Waals surface area contributed by atoms with Gasteiger partial charge in [0.25, 0.3) is 0 Å². The van der Waals surface area contributed by atoms with Crippen LogP contribution in [0.4, 0.5) is 5.82 Å². The Morgan fingerprint density at radius 2 is 2.10 bits per heavy atom. The molecule has 1 aliphatic carbocycles. The zero-order valence-electron chi connectivity index (χ0n) is 12.9. The van der Waals surface area contributed by atoms with Crippen molar-refractivity contribution < 1.29 is 0 Å². The molecular formula is C17H26ClN3. The molecule has 2 aliphatic rings. The second-order valence-corrected chi connectivity index (χ2v) is 6.77. The highest BCUT2D eigenvalue weighted by molar-refractivity contribution is 6.31. The highest BCUT2D eigenvalue weighted by Crippen LogP contribution is 2.37. The molecule has 0 radical (unpaired) electrons. The first-order chi connectivity index (χ1) is 10.3. The second kappa shape index (κ2) is 6.97. The number of nitrogens with zero attached hydrogens (tertiary/aromatic N) is 2. The molecule has 1 saturated heterocycles. The lowest BCUT2D eigenvalue weighted by Crippen LogP contribution is -2.35. The van der Waals surface area contributed by atoms with Gasteiger partial charge in [0, 0.05) is 25.3 Å². The highest BCUT2D eigenvalue weighted by atomic mass is 35.5. The molecule has 0 bridgehead atoms. The summed E-state index contributed by atoms with van der Waals surface area (Å²) in [5.41, 5.74) is 1.17. The lowest BCUT2D eigenvalue weighted by Gasteiger charge is -2.30. The van der Waals surface area contributed by atoms with E-state index in [9.17, 15) is 0 Å². The summed E-state index contributed by atoms with van der Waals surface area (Å²) in [5.74, 6) is 2.00. The van der Waals surface area contributed by atoms with Crippen molar-refractivity contribution in [2.75, 3.05) is 18.0 Å². The molecule has 0 aromatic carbocycles. The van der Waals surface area contributed by atoms with Gasteiger partial charge in [-0.15, -0.1) is 0 Å². The van der Waals surface area contributed by atoms with E-state index in [2.05, 4.69) is 28.2 Å². The molecule has 1 unspecified atom stereocenters. The standard InChI is InChI=1S/C17H26ClN3/c1-2-19-11-14-10-17(20-12-15(14)18)21-9-5-8-16(21)13-6-3-4-7-13/h10,12-13,16,19H,2-9,11H2,1H3. The Labute approximate surface area is 133 Å². The summed E-state index contributed by atoms with van der Waals surface area (Å²) >= 11 is 6.28. The minimum absolute atomic E-state index is 0.702. The van der Waals surface area contributed by atoms with Crippen molar-refractivity contribution in [3.8, 4) is 0 Å². The highest BCUT2D eigenvalue weighted by Gasteiger charge is 2.34. The molecular weight excluding hydrogens is 282 g/mol. The van der Waals surface area contributed by atoms with E-state index in [1.54, 1.807) is 0 Å². The first kappa shape index (κ1) is 15.1. The van der Waals surface area contributed by atoms with Crippen LogP contribution in [0.1, 0.15) is 51.0 Å². The van der Waals surface area contributed by atoms with Crippen LogP contribution in [0.3, 0.4) is 0 Å². The first-order valence-electron chi connectivity index (χ1n) is 8.41. The third kappa shape index (κ3) is 3.35. The van der Waals surface area contributed by atoms with Gasteiger partial charge in [-0.3, -0.25) is 0 Å². The van der Waals surface area contributed by atoms with Gasteiger partial charge in [-0.1, -0.05) is 31.4 Å². The van der Waals surface area contributed by atoms with Gasteiger partial charge in [0.1, 0.15) is 5.82 Å². The largest absolute Gasteiger partial charge is 0.353 e. The Morgan fingerprint density at radius 3 is 2.86 bits per heavy atom. The van der Waals surface area contributed by atoms with Gasteiger partial charge in [0.05, 0.1) is 5.02 Å². The van der Waals surface area contributed by atoms with Crippen LogP contribution >= 0.6 is 11.6 Å². The smallest absolute Gasteiger partial charge is 0.129 e. The number of nitrogens with one attached hydrogen (secondary N) is 1. The number of rotatable bonds is 5. The number of halogens is 1. The molecule has 21 heavy (non-hydrogen) atoms. The fourth-order valence-electron chi connectivity index (χ4n) is 3.93. The number of aromatic nitrogens is 1. The summed E-state index contributed by atoms with van der Waals surface area (Å²) in [6, 6.07) is 2.89. The van der Waals surface area contributed by atoms with E-state index in [1.165, 1.54) is 44.1 Å². The monoisotopic (exact) mass is 307 g/mol. The predicted octanol–water partition coefficient (Wildman–Crippen LogP) is 4.00. The summed E-state index contributed by atoms with van der Waals surface area (Å²) < 4.78 is 0. The first-order valence-corrected chi connectivity index (χ1v) is 8.79. The summed E-state index contributed by atoms with van der Waals surface area (Å²) in [6.07, 6.45) is 10.1. The SMILES string of the molecule is CCNCc1cc(N2CCCC2C2CCCC2)ncc1Cl. The van der Waals surface area contributed by atoms with Gasteiger partial charge < -0.3 is 10.2 Å². The fraction of sp³-hybridized carbons (Fsp3) is 0.706. The third-order valence-electron chi connectivity index (χ3n) is 5.02. The van der Waals surface area contributed by atoms with Gasteiger partial charge in [0.2, 0.25) is 0 Å². The van der Waals surface area contributed by atoms with Crippen LogP contribution in [0.15, 0.2) is 12.3 Å². The Bertz CT molecular complexity index is 471. The summed E-state index contributed by atoms with van der Waals surface area (Å²) in [4.78, 5) is 7.16. The zero-order valence-corrected chi connectivity index (χ0v) is 13.7. The fourth-order valence-corrected chi connectivity index (χ4v) is 4.10. The molecule has 1 N–H and O–H groups in total. The predicted molar refractivity (Wildman–Crippen MR) is 89.0 cm³/mol. The molecule has 2 fully saturated rings. The molecule has 2 heterocycles. The Kier molecular flexibility index (Phi) is 5.02. The van der Waals surface area contributed by atoms with Gasteiger partial charge >= 0.3 is 0 Å². The average Bonchev–Trinajstić information content (AvgIpc) is 3.16. The second-order valence-electron chi connectivity index (χ2n) is 6.36. The molecule has 0 amide bonds. The van der Waals surface area contributed by atoms with E-state index < -0.39 is 0 Å². The van der Waals surface area contributed by atoms with Crippen molar-refractivity contribution in [3.63, 3.8) is 0 Å². The number of anilines is 1. The normalized spacial score (nSPS) is 23.1. The lowest BCUT2D eigenvalue weighted by atomic mass is 9.96. The Balaban J connectivity index is 1.78. The molecule has 0 spiro atoms. The zero-order chi connectivity index (χ0) is 14.7. The minimum Gasteiger partial charge on any atom is -0.353 e. The van der Waals surface area contributed by atoms with Crippen molar-refractivity contribution in [3.05, 3.63) is 22.8 Å². The van der Waals surface area contributed by atoms with Crippen molar-refractivity contribution >= 4 is 17.4 Å². The Morgan fingerprint density at radius 1 is 1.29 bits per heavy atom. The molecule has 116 valence electrons. The van der Waals surface area contributed by atoms with Crippen LogP contribution in [-0.2, 0) is 6.54 Å². The van der Waals surface area contributed by atoms with Gasteiger partial charge in [-0.05, 0) is 49.8 Å². The maximum absolute atomic E-state index is 6.28. The van der Waals surface area contributed by atoms with Crippen molar-refractivity contribution in [2.24, 2.45) is 5.92 Å². The number of hydrogen-bond donors (Lipinski definition) is 1. The van der Waals surface area contributed by atoms with Crippen molar-refractivity contribution in [1.29, 1.82) is 0 Å². The van der Waals surface area contributed by atoms with Crippen LogP contribution in [0.2, 0.25) is 5.02 Å². The summed E-state index contributed by atoms with van der Waals surface area (Å²) in [7, 11) is 0. The van der Waals surface area contributed by atoms with Crippen LogP contribution < -0.4 is 10.2 Å². The lowest BCUT2D eigenvalue weighted by molar-refractivity contribution is 0.429. The third-order valence-corrected chi connectivity index (χ3v) is 5.36. The number of pyridine rings is 1. The van der Waals surface area contributed by atoms with Gasteiger partial charge in [-0.25, -0.2) is 4.98 Å². The molecule has 1 aliphatic heterocycles. The van der Waals surface area contributed by atoms with Gasteiger partial charge in [-0.2, -0.15) is 0 Å². The van der Waals surface area contributed by atoms with E-state index in [1.807, 2.05) is 6.20 Å². The van der Waals surface area contributed by atoms with Crippen LogP contribution in [0.25, 0.3) is 0 Å². The van der Waals surface area contributed by atoms with Crippen molar-refractivity contribution in [2.45, 2.75) is 58.0 Å². The van der Waals surface area contributed by atoms with Crippen LogP contribution in [-0.4, -0.2) is 24.1 Å². The number of hydrogen-bond acceptors (Lipinski definition) is 3. The molecule has 1 atom stereocenters. The average molecular weight is 308 g/mol. The molecule has 4 heteroatoms. The molecule has 3 rings (SSSR count). The molecule has 1 aromatic rings. The van der Waals surface area contributed by atoms with E-state index in [4.69, 9.17) is 11.6 Å².